The van der Waals surface area contributed by atoms with Crippen LogP contribution in [0.25, 0.3) is 0 Å². The van der Waals surface area contributed by atoms with Gasteiger partial charge in [0.1, 0.15) is 16.7 Å². The lowest BCUT2D eigenvalue weighted by Gasteiger charge is -2.18. The first-order valence-corrected chi connectivity index (χ1v) is 6.51. The van der Waals surface area contributed by atoms with Crippen LogP contribution in [0, 0.1) is 6.92 Å². The van der Waals surface area contributed by atoms with Gasteiger partial charge in [0.2, 0.25) is 0 Å². The minimum atomic E-state index is 0.0841. The molecule has 100 valence electrons. The van der Waals surface area contributed by atoms with Crippen molar-refractivity contribution in [3.05, 3.63) is 52.7 Å². The molecule has 1 aromatic heterocycles. The molecule has 19 heavy (non-hydrogen) atoms. The van der Waals surface area contributed by atoms with Crippen LogP contribution in [0.1, 0.15) is 24.1 Å². The van der Waals surface area contributed by atoms with Crippen molar-refractivity contribution in [2.45, 2.75) is 19.9 Å². The first-order chi connectivity index (χ1) is 9.10. The predicted molar refractivity (Wildman–Crippen MR) is 79.0 cm³/mol. The molecule has 1 aromatic carbocycles. The number of ether oxygens (including phenoxy) is 1. The minimum Gasteiger partial charge on any atom is -0.496 e. The summed E-state index contributed by atoms with van der Waals surface area (Å²) in [7, 11) is 1.68. The molecule has 1 unspecified atom stereocenters. The molecule has 0 aliphatic rings. The summed E-state index contributed by atoms with van der Waals surface area (Å²) in [5.74, 6) is 1.62. The molecule has 0 spiro atoms. The summed E-state index contributed by atoms with van der Waals surface area (Å²) in [6.07, 6.45) is 0. The van der Waals surface area contributed by atoms with Gasteiger partial charge in [0.15, 0.2) is 0 Å². The highest BCUT2D eigenvalue weighted by molar-refractivity contribution is 6.29. The van der Waals surface area contributed by atoms with E-state index >= 15 is 0 Å². The maximum absolute atomic E-state index is 5.88. The standard InChI is InChI=1S/C15H17ClN2O/c1-10-7-8-13(19-3)12(9-10)11(2)17-15-6-4-5-14(16)18-15/h4-9,11H,1-3H3,(H,17,18). The Bertz CT molecular complexity index is 572. The zero-order chi connectivity index (χ0) is 13.8. The Morgan fingerprint density at radius 2 is 2.05 bits per heavy atom. The van der Waals surface area contributed by atoms with Crippen LogP contribution in [0.15, 0.2) is 36.4 Å². The Kier molecular flexibility index (Phi) is 4.27. The van der Waals surface area contributed by atoms with E-state index in [2.05, 4.69) is 30.2 Å². The number of anilines is 1. The second-order valence-corrected chi connectivity index (χ2v) is 4.84. The molecule has 2 rings (SSSR count). The van der Waals surface area contributed by atoms with Crippen molar-refractivity contribution in [1.29, 1.82) is 0 Å². The van der Waals surface area contributed by atoms with Crippen LogP contribution in [0.2, 0.25) is 5.15 Å². The Morgan fingerprint density at radius 3 is 2.74 bits per heavy atom. The van der Waals surface area contributed by atoms with Crippen LogP contribution >= 0.6 is 11.6 Å². The van der Waals surface area contributed by atoms with Gasteiger partial charge in [-0.15, -0.1) is 0 Å². The number of halogens is 1. The van der Waals surface area contributed by atoms with E-state index in [4.69, 9.17) is 16.3 Å². The van der Waals surface area contributed by atoms with Crippen LogP contribution in [-0.4, -0.2) is 12.1 Å². The van der Waals surface area contributed by atoms with E-state index in [1.54, 1.807) is 13.2 Å². The average Bonchev–Trinajstić information content (AvgIpc) is 2.38. The smallest absolute Gasteiger partial charge is 0.131 e. The van der Waals surface area contributed by atoms with Crippen LogP contribution in [-0.2, 0) is 0 Å². The number of hydrogen-bond donors (Lipinski definition) is 1. The number of nitrogens with one attached hydrogen (secondary N) is 1. The minimum absolute atomic E-state index is 0.0841. The molecule has 0 amide bonds. The molecule has 1 N–H and O–H groups in total. The van der Waals surface area contributed by atoms with Crippen molar-refractivity contribution < 1.29 is 4.74 Å². The zero-order valence-corrected chi connectivity index (χ0v) is 12.0. The molecule has 4 heteroatoms. The Hall–Kier alpha value is -1.74. The molecule has 0 aliphatic carbocycles. The molecule has 0 radical (unpaired) electrons. The summed E-state index contributed by atoms with van der Waals surface area (Å²) in [5, 5.41) is 3.81. The molecule has 1 atom stereocenters. The van der Waals surface area contributed by atoms with Gasteiger partial charge in [-0.25, -0.2) is 4.98 Å². The fourth-order valence-corrected chi connectivity index (χ4v) is 2.14. The van der Waals surface area contributed by atoms with Gasteiger partial charge in [-0.2, -0.15) is 0 Å². The second-order valence-electron chi connectivity index (χ2n) is 4.46. The van der Waals surface area contributed by atoms with Gasteiger partial charge >= 0.3 is 0 Å². The molecular formula is C15H17ClN2O. The molecule has 1 heterocycles. The predicted octanol–water partition coefficient (Wildman–Crippen LogP) is 4.23. The summed E-state index contributed by atoms with van der Waals surface area (Å²) < 4.78 is 5.40. The molecular weight excluding hydrogens is 260 g/mol. The molecule has 0 aliphatic heterocycles. The van der Waals surface area contributed by atoms with Crippen molar-refractivity contribution >= 4 is 17.4 Å². The zero-order valence-electron chi connectivity index (χ0n) is 11.3. The van der Waals surface area contributed by atoms with E-state index in [-0.39, 0.29) is 6.04 Å². The highest BCUT2D eigenvalue weighted by atomic mass is 35.5. The SMILES string of the molecule is COc1ccc(C)cc1C(C)Nc1cccc(Cl)n1. The molecule has 2 aromatic rings. The van der Waals surface area contributed by atoms with E-state index in [9.17, 15) is 0 Å². The van der Waals surface area contributed by atoms with Gasteiger partial charge in [0.25, 0.3) is 0 Å². The lowest BCUT2D eigenvalue weighted by atomic mass is 10.0. The van der Waals surface area contributed by atoms with Gasteiger partial charge in [-0.05, 0) is 32.0 Å². The largest absolute Gasteiger partial charge is 0.496 e. The third kappa shape index (κ3) is 3.38. The fraction of sp³-hybridized carbons (Fsp3) is 0.267. The normalized spacial score (nSPS) is 12.0. The molecule has 0 saturated heterocycles. The number of rotatable bonds is 4. The highest BCUT2D eigenvalue weighted by Gasteiger charge is 2.12. The lowest BCUT2D eigenvalue weighted by molar-refractivity contribution is 0.408. The van der Waals surface area contributed by atoms with Crippen molar-refractivity contribution in [2.75, 3.05) is 12.4 Å². The molecule has 0 fully saturated rings. The lowest BCUT2D eigenvalue weighted by Crippen LogP contribution is -2.09. The fourth-order valence-electron chi connectivity index (χ4n) is 1.98. The number of methoxy groups -OCH3 is 1. The highest BCUT2D eigenvalue weighted by Crippen LogP contribution is 2.28. The third-order valence-corrected chi connectivity index (χ3v) is 3.14. The number of hydrogen-bond acceptors (Lipinski definition) is 3. The van der Waals surface area contributed by atoms with Crippen LogP contribution in [0.5, 0.6) is 5.75 Å². The van der Waals surface area contributed by atoms with Crippen LogP contribution < -0.4 is 10.1 Å². The van der Waals surface area contributed by atoms with Crippen molar-refractivity contribution in [3.63, 3.8) is 0 Å². The molecule has 0 bridgehead atoms. The molecule has 3 nitrogen and oxygen atoms in total. The summed E-state index contributed by atoms with van der Waals surface area (Å²) in [5.41, 5.74) is 2.30. The first kappa shape index (κ1) is 13.7. The first-order valence-electron chi connectivity index (χ1n) is 6.14. The van der Waals surface area contributed by atoms with Crippen molar-refractivity contribution in [2.24, 2.45) is 0 Å². The number of pyridine rings is 1. The summed E-state index contributed by atoms with van der Waals surface area (Å²) in [6, 6.07) is 11.7. The van der Waals surface area contributed by atoms with Gasteiger partial charge in [-0.3, -0.25) is 0 Å². The topological polar surface area (TPSA) is 34.1 Å². The van der Waals surface area contributed by atoms with Crippen molar-refractivity contribution in [1.82, 2.24) is 4.98 Å². The second kappa shape index (κ2) is 5.93. The van der Waals surface area contributed by atoms with Crippen LogP contribution in [0.3, 0.4) is 0 Å². The van der Waals surface area contributed by atoms with Gasteiger partial charge < -0.3 is 10.1 Å². The quantitative estimate of drug-likeness (QED) is 0.849. The average molecular weight is 277 g/mol. The van der Waals surface area contributed by atoms with Gasteiger partial charge in [0, 0.05) is 5.56 Å². The number of aromatic nitrogens is 1. The van der Waals surface area contributed by atoms with E-state index in [0.29, 0.717) is 5.15 Å². The Balaban J connectivity index is 2.24. The maximum atomic E-state index is 5.88. The summed E-state index contributed by atoms with van der Waals surface area (Å²) in [4.78, 5) is 4.23. The number of aryl methyl sites for hydroxylation is 1. The van der Waals surface area contributed by atoms with Crippen molar-refractivity contribution in [3.8, 4) is 5.75 Å². The summed E-state index contributed by atoms with van der Waals surface area (Å²) >= 11 is 5.88. The molecule has 0 saturated carbocycles. The number of benzene rings is 1. The van der Waals surface area contributed by atoms with Crippen LogP contribution in [0.4, 0.5) is 5.82 Å². The Labute approximate surface area is 118 Å². The van der Waals surface area contributed by atoms with E-state index in [1.165, 1.54) is 5.56 Å². The number of nitrogens with zero attached hydrogens (tertiary/aromatic N) is 1. The third-order valence-electron chi connectivity index (χ3n) is 2.93. The maximum Gasteiger partial charge on any atom is 0.131 e. The van der Waals surface area contributed by atoms with E-state index < -0.39 is 0 Å². The van der Waals surface area contributed by atoms with E-state index in [0.717, 1.165) is 17.1 Å². The van der Waals surface area contributed by atoms with Gasteiger partial charge in [0.05, 0.1) is 13.2 Å². The Morgan fingerprint density at radius 1 is 1.26 bits per heavy atom. The summed E-state index contributed by atoms with van der Waals surface area (Å²) in [6.45, 7) is 4.13. The van der Waals surface area contributed by atoms with E-state index in [1.807, 2.05) is 24.3 Å². The van der Waals surface area contributed by atoms with Gasteiger partial charge in [-0.1, -0.05) is 35.4 Å². The monoisotopic (exact) mass is 276 g/mol.